The van der Waals surface area contributed by atoms with Crippen LogP contribution in [0.2, 0.25) is 5.02 Å². The van der Waals surface area contributed by atoms with E-state index in [-0.39, 0.29) is 0 Å². The van der Waals surface area contributed by atoms with Crippen molar-refractivity contribution in [1.82, 2.24) is 14.9 Å². The molecule has 1 aliphatic carbocycles. The van der Waals surface area contributed by atoms with E-state index >= 15 is 0 Å². The number of aryl methyl sites for hydroxylation is 2. The van der Waals surface area contributed by atoms with E-state index in [1.807, 2.05) is 25.1 Å². The maximum absolute atomic E-state index is 6.28. The lowest BCUT2D eigenvalue weighted by atomic mass is 10.2. The Morgan fingerprint density at radius 2 is 2.00 bits per heavy atom. The van der Waals surface area contributed by atoms with Crippen LogP contribution in [0.15, 0.2) is 24.3 Å². The SMILES string of the molecule is CCCc1cc(N2CC[C@H](N(C)C3CC3)C2)nc(Nc2ccc(C)c(Cl)c2)n1. The number of benzene rings is 1. The first-order valence-electron chi connectivity index (χ1n) is 10.4. The lowest BCUT2D eigenvalue weighted by Gasteiger charge is -2.25. The van der Waals surface area contributed by atoms with E-state index in [0.717, 1.165) is 59.8 Å². The molecule has 150 valence electrons. The molecule has 2 aliphatic rings. The van der Waals surface area contributed by atoms with Crippen LogP contribution >= 0.6 is 11.6 Å². The van der Waals surface area contributed by atoms with Crippen LogP contribution < -0.4 is 10.2 Å². The normalized spacial score (nSPS) is 19.5. The Morgan fingerprint density at radius 1 is 1.18 bits per heavy atom. The van der Waals surface area contributed by atoms with Crippen LogP contribution in [0.5, 0.6) is 0 Å². The summed E-state index contributed by atoms with van der Waals surface area (Å²) in [5.41, 5.74) is 3.08. The van der Waals surface area contributed by atoms with E-state index in [9.17, 15) is 0 Å². The smallest absolute Gasteiger partial charge is 0.229 e. The van der Waals surface area contributed by atoms with Gasteiger partial charge in [0.15, 0.2) is 0 Å². The minimum atomic E-state index is 0.629. The molecule has 0 spiro atoms. The topological polar surface area (TPSA) is 44.3 Å². The summed E-state index contributed by atoms with van der Waals surface area (Å²) in [6.07, 6.45) is 5.94. The van der Waals surface area contributed by atoms with E-state index < -0.39 is 0 Å². The largest absolute Gasteiger partial charge is 0.355 e. The third-order valence-corrected chi connectivity index (χ3v) is 6.29. The van der Waals surface area contributed by atoms with Gasteiger partial charge >= 0.3 is 0 Å². The molecule has 0 bridgehead atoms. The van der Waals surface area contributed by atoms with Gasteiger partial charge < -0.3 is 10.2 Å². The number of nitrogens with one attached hydrogen (secondary N) is 1. The van der Waals surface area contributed by atoms with Crippen LogP contribution in [0.25, 0.3) is 0 Å². The molecule has 1 saturated heterocycles. The number of likely N-dealkylation sites (N-methyl/N-ethyl adjacent to an activating group) is 1. The van der Waals surface area contributed by atoms with Gasteiger partial charge in [-0.2, -0.15) is 4.98 Å². The van der Waals surface area contributed by atoms with Crippen molar-refractivity contribution in [3.05, 3.63) is 40.5 Å². The van der Waals surface area contributed by atoms with Gasteiger partial charge in [0, 0.05) is 47.6 Å². The number of anilines is 3. The lowest BCUT2D eigenvalue weighted by Crippen LogP contribution is -2.36. The summed E-state index contributed by atoms with van der Waals surface area (Å²) in [7, 11) is 2.28. The van der Waals surface area contributed by atoms with E-state index in [0.29, 0.717) is 12.0 Å². The summed E-state index contributed by atoms with van der Waals surface area (Å²) < 4.78 is 0. The van der Waals surface area contributed by atoms with E-state index in [1.165, 1.54) is 19.3 Å². The molecule has 1 aromatic carbocycles. The number of nitrogens with zero attached hydrogens (tertiary/aromatic N) is 4. The maximum atomic E-state index is 6.28. The number of hydrogen-bond donors (Lipinski definition) is 1. The van der Waals surface area contributed by atoms with Gasteiger partial charge in [-0.1, -0.05) is 31.0 Å². The highest BCUT2D eigenvalue weighted by Crippen LogP contribution is 2.31. The van der Waals surface area contributed by atoms with Crippen molar-refractivity contribution in [3.8, 4) is 0 Å². The molecular formula is C22H30ClN5. The Hall–Kier alpha value is -1.85. The highest BCUT2D eigenvalue weighted by atomic mass is 35.5. The minimum Gasteiger partial charge on any atom is -0.355 e. The van der Waals surface area contributed by atoms with Crippen molar-refractivity contribution < 1.29 is 0 Å². The van der Waals surface area contributed by atoms with Crippen molar-refractivity contribution in [2.24, 2.45) is 0 Å². The average Bonchev–Trinajstić information content (AvgIpc) is 3.40. The molecule has 1 saturated carbocycles. The summed E-state index contributed by atoms with van der Waals surface area (Å²) in [4.78, 5) is 14.6. The van der Waals surface area contributed by atoms with Gasteiger partial charge in [-0.3, -0.25) is 4.90 Å². The van der Waals surface area contributed by atoms with Gasteiger partial charge in [-0.05, 0) is 57.4 Å². The van der Waals surface area contributed by atoms with Crippen molar-refractivity contribution in [2.75, 3.05) is 30.4 Å². The molecule has 1 aromatic heterocycles. The molecule has 1 aliphatic heterocycles. The molecule has 2 fully saturated rings. The average molecular weight is 400 g/mol. The zero-order chi connectivity index (χ0) is 19.7. The predicted molar refractivity (Wildman–Crippen MR) is 117 cm³/mol. The molecule has 0 amide bonds. The summed E-state index contributed by atoms with van der Waals surface area (Å²) in [6.45, 7) is 6.29. The third kappa shape index (κ3) is 4.41. The second-order valence-electron chi connectivity index (χ2n) is 8.17. The second-order valence-corrected chi connectivity index (χ2v) is 8.57. The fourth-order valence-electron chi connectivity index (χ4n) is 3.95. The zero-order valence-corrected chi connectivity index (χ0v) is 17.8. The quantitative estimate of drug-likeness (QED) is 0.723. The van der Waals surface area contributed by atoms with Crippen LogP contribution in [0.4, 0.5) is 17.5 Å². The third-order valence-electron chi connectivity index (χ3n) is 5.89. The Morgan fingerprint density at radius 3 is 2.71 bits per heavy atom. The standard InChI is InChI=1S/C22H30ClN5/c1-4-5-16-13-21(28-11-10-19(14-28)27(3)18-8-9-18)26-22(24-16)25-17-7-6-15(2)20(23)12-17/h6-7,12-13,18-19H,4-5,8-11,14H2,1-3H3,(H,24,25,26)/t19-/m0/s1. The summed E-state index contributed by atoms with van der Waals surface area (Å²) >= 11 is 6.28. The number of rotatable bonds is 7. The first-order chi connectivity index (χ1) is 13.5. The van der Waals surface area contributed by atoms with Crippen LogP contribution in [-0.4, -0.2) is 47.1 Å². The van der Waals surface area contributed by atoms with Crippen LogP contribution in [0, 0.1) is 6.92 Å². The van der Waals surface area contributed by atoms with Crippen LogP contribution in [0.3, 0.4) is 0 Å². The summed E-state index contributed by atoms with van der Waals surface area (Å²) in [5, 5.41) is 4.10. The summed E-state index contributed by atoms with van der Waals surface area (Å²) in [5.74, 6) is 1.69. The zero-order valence-electron chi connectivity index (χ0n) is 17.1. The fourth-order valence-corrected chi connectivity index (χ4v) is 4.13. The van der Waals surface area contributed by atoms with Crippen molar-refractivity contribution in [3.63, 3.8) is 0 Å². The Balaban J connectivity index is 1.54. The molecule has 1 atom stereocenters. The molecule has 28 heavy (non-hydrogen) atoms. The van der Waals surface area contributed by atoms with Crippen molar-refractivity contribution in [1.29, 1.82) is 0 Å². The molecule has 0 unspecified atom stereocenters. The van der Waals surface area contributed by atoms with Gasteiger partial charge in [0.2, 0.25) is 5.95 Å². The first kappa shape index (κ1) is 19.5. The highest BCUT2D eigenvalue weighted by Gasteiger charge is 2.35. The van der Waals surface area contributed by atoms with Gasteiger partial charge in [-0.15, -0.1) is 0 Å². The maximum Gasteiger partial charge on any atom is 0.229 e. The number of halogens is 1. The van der Waals surface area contributed by atoms with Crippen LogP contribution in [-0.2, 0) is 6.42 Å². The molecule has 1 N–H and O–H groups in total. The van der Waals surface area contributed by atoms with Gasteiger partial charge in [-0.25, -0.2) is 4.98 Å². The predicted octanol–water partition coefficient (Wildman–Crippen LogP) is 4.81. The second kappa shape index (κ2) is 8.26. The van der Waals surface area contributed by atoms with Crippen molar-refractivity contribution in [2.45, 2.75) is 58.0 Å². The monoisotopic (exact) mass is 399 g/mol. The Kier molecular flexibility index (Phi) is 5.74. The molecular weight excluding hydrogens is 370 g/mol. The van der Waals surface area contributed by atoms with Gasteiger partial charge in [0.1, 0.15) is 5.82 Å². The molecule has 2 aromatic rings. The minimum absolute atomic E-state index is 0.629. The molecule has 2 heterocycles. The number of hydrogen-bond acceptors (Lipinski definition) is 5. The number of aromatic nitrogens is 2. The lowest BCUT2D eigenvalue weighted by molar-refractivity contribution is 0.249. The van der Waals surface area contributed by atoms with E-state index in [4.69, 9.17) is 21.6 Å². The molecule has 0 radical (unpaired) electrons. The Labute approximate surface area is 173 Å². The van der Waals surface area contributed by atoms with E-state index in [1.54, 1.807) is 0 Å². The van der Waals surface area contributed by atoms with Crippen LogP contribution in [0.1, 0.15) is 43.9 Å². The molecule has 5 nitrogen and oxygen atoms in total. The van der Waals surface area contributed by atoms with Crippen molar-refractivity contribution >= 4 is 29.1 Å². The van der Waals surface area contributed by atoms with E-state index in [2.05, 4.69) is 35.2 Å². The van der Waals surface area contributed by atoms with Gasteiger partial charge in [0.25, 0.3) is 0 Å². The highest BCUT2D eigenvalue weighted by molar-refractivity contribution is 6.31. The molecule has 4 rings (SSSR count). The summed E-state index contributed by atoms with van der Waals surface area (Å²) in [6, 6.07) is 9.56. The van der Waals surface area contributed by atoms with Gasteiger partial charge in [0.05, 0.1) is 0 Å². The molecule has 6 heteroatoms. The fraction of sp³-hybridized carbons (Fsp3) is 0.545. The first-order valence-corrected chi connectivity index (χ1v) is 10.8. The Bertz CT molecular complexity index is 836.